The first-order valence-electron chi connectivity index (χ1n) is 14.4. The van der Waals surface area contributed by atoms with Crippen molar-refractivity contribution in [3.05, 3.63) is 46.8 Å². The summed E-state index contributed by atoms with van der Waals surface area (Å²) in [4.78, 5) is 55.4. The maximum absolute atomic E-state index is 12.8. The Labute approximate surface area is 264 Å². The molecule has 13 nitrogen and oxygen atoms in total. The first kappa shape index (κ1) is 34.3. The summed E-state index contributed by atoms with van der Waals surface area (Å²) < 4.78 is 62.0. The molecule has 3 aromatic rings. The third kappa shape index (κ3) is 9.22. The number of sulfone groups is 1. The van der Waals surface area contributed by atoms with Gasteiger partial charge in [0.2, 0.25) is 0 Å². The molecule has 1 aliphatic rings. The predicted molar refractivity (Wildman–Crippen MR) is 167 cm³/mol. The highest BCUT2D eigenvalue weighted by Crippen LogP contribution is 2.31. The number of anilines is 1. The number of hydroxylamine groups is 2. The van der Waals surface area contributed by atoms with Crippen LogP contribution in [0.5, 0.6) is 0 Å². The van der Waals surface area contributed by atoms with Crippen LogP contribution in [0.25, 0.3) is 21.4 Å². The fourth-order valence-corrected chi connectivity index (χ4v) is 7.95. The van der Waals surface area contributed by atoms with E-state index in [1.807, 2.05) is 11.0 Å². The lowest BCUT2D eigenvalue weighted by Gasteiger charge is -2.25. The van der Waals surface area contributed by atoms with Gasteiger partial charge in [0, 0.05) is 60.1 Å². The Balaban J connectivity index is 1.44. The predicted octanol–water partition coefficient (Wildman–Crippen LogP) is 3.96. The molecule has 16 heteroatoms. The molecule has 1 aliphatic heterocycles. The molecule has 3 heterocycles. The molecule has 4 rings (SSSR count). The summed E-state index contributed by atoms with van der Waals surface area (Å²) in [6, 6.07) is 9.44. The molecule has 0 bridgehead atoms. The van der Waals surface area contributed by atoms with Crippen molar-refractivity contribution in [3.63, 3.8) is 0 Å². The van der Waals surface area contributed by atoms with Crippen LogP contribution in [-0.4, -0.2) is 68.8 Å². The van der Waals surface area contributed by atoms with Crippen LogP contribution >= 0.6 is 11.3 Å². The minimum absolute atomic E-state index is 0.0196. The van der Waals surface area contributed by atoms with Crippen LogP contribution in [0.15, 0.2) is 49.8 Å². The van der Waals surface area contributed by atoms with Crippen molar-refractivity contribution in [1.29, 1.82) is 0 Å². The Morgan fingerprint density at radius 2 is 1.67 bits per heavy atom. The lowest BCUT2D eigenvalue weighted by Crippen LogP contribution is -2.32. The fraction of sp³-hybridized carbons (Fsp3) is 0.448. The lowest BCUT2D eigenvalue weighted by molar-refractivity contribution is -0.197. The highest BCUT2D eigenvalue weighted by atomic mass is 32.3. The molecule has 1 fully saturated rings. The van der Waals surface area contributed by atoms with Gasteiger partial charge in [-0.1, -0.05) is 13.3 Å². The van der Waals surface area contributed by atoms with E-state index in [-0.39, 0.29) is 46.1 Å². The van der Waals surface area contributed by atoms with E-state index < -0.39 is 43.4 Å². The first-order valence-corrected chi connectivity index (χ1v) is 18.5. The largest absolute Gasteiger partial charge is 0.422 e. The fourth-order valence-electron chi connectivity index (χ4n) is 4.88. The molecule has 45 heavy (non-hydrogen) atoms. The molecule has 0 aliphatic carbocycles. The first-order chi connectivity index (χ1) is 21.3. The molecule has 0 radical (unpaired) electrons. The second-order valence-corrected chi connectivity index (χ2v) is 15.6. The van der Waals surface area contributed by atoms with Crippen molar-refractivity contribution in [2.24, 2.45) is 0 Å². The van der Waals surface area contributed by atoms with Crippen LogP contribution in [0.1, 0.15) is 58.3 Å². The second-order valence-electron chi connectivity index (χ2n) is 10.6. The molecule has 1 N–H and O–H groups in total. The maximum atomic E-state index is 12.8. The summed E-state index contributed by atoms with van der Waals surface area (Å²) in [6.45, 7) is 2.72. The van der Waals surface area contributed by atoms with E-state index in [1.54, 1.807) is 25.1 Å². The molecule has 0 unspecified atom stereocenters. The number of fused-ring (bicyclic) bond motifs is 1. The summed E-state index contributed by atoms with van der Waals surface area (Å²) in [7, 11) is -7.60. The average Bonchev–Trinajstić information content (AvgIpc) is 3.59. The van der Waals surface area contributed by atoms with Gasteiger partial charge in [0.25, 0.3) is 11.8 Å². The van der Waals surface area contributed by atoms with Crippen LogP contribution in [0.4, 0.5) is 5.69 Å². The maximum Gasteiger partial charge on any atom is 0.345 e. The van der Waals surface area contributed by atoms with Gasteiger partial charge in [-0.25, -0.2) is 18.0 Å². The minimum Gasteiger partial charge on any atom is -0.422 e. The van der Waals surface area contributed by atoms with E-state index in [2.05, 4.69) is 0 Å². The Morgan fingerprint density at radius 3 is 2.33 bits per heavy atom. The number of hydrogen-bond acceptors (Lipinski definition) is 12. The zero-order chi connectivity index (χ0) is 32.8. The van der Waals surface area contributed by atoms with Gasteiger partial charge >= 0.3 is 21.7 Å². The van der Waals surface area contributed by atoms with Crippen molar-refractivity contribution in [2.45, 2.75) is 62.5 Å². The van der Waals surface area contributed by atoms with E-state index in [9.17, 15) is 40.6 Å². The lowest BCUT2D eigenvalue weighted by atomic mass is 10.1. The van der Waals surface area contributed by atoms with Gasteiger partial charge < -0.3 is 14.2 Å². The smallest absolute Gasteiger partial charge is 0.345 e. The van der Waals surface area contributed by atoms with E-state index in [0.717, 1.165) is 11.3 Å². The van der Waals surface area contributed by atoms with E-state index >= 15 is 0 Å². The number of rotatable bonds is 16. The Kier molecular flexibility index (Phi) is 11.2. The zero-order valence-electron chi connectivity index (χ0n) is 24.6. The summed E-state index contributed by atoms with van der Waals surface area (Å²) in [5, 5.41) is 1.10. The summed E-state index contributed by atoms with van der Waals surface area (Å²) in [5.74, 6) is -1.61. The summed E-state index contributed by atoms with van der Waals surface area (Å²) in [5.41, 5.74) is 0.432. The van der Waals surface area contributed by atoms with Crippen molar-refractivity contribution >= 4 is 65.7 Å². The van der Waals surface area contributed by atoms with Gasteiger partial charge in [-0.3, -0.25) is 14.1 Å². The van der Waals surface area contributed by atoms with Crippen molar-refractivity contribution < 1.29 is 45.0 Å². The Bertz CT molecular complexity index is 1830. The highest BCUT2D eigenvalue weighted by molar-refractivity contribution is 7.91. The molecule has 2 amide bonds. The molecule has 244 valence electrons. The highest BCUT2D eigenvalue weighted by Gasteiger charge is 2.32. The number of carbonyl (C=O) groups excluding carboxylic acids is 3. The monoisotopic (exact) mass is 682 g/mol. The SMILES string of the molecule is CCCS(=O)(=O)CCCN(CCCCCC(=O)ON1C(=O)CCC1=O)c1ccc2cc(-c3ccc(S(=O)(=O)O)s3)c(=O)oc2c1. The van der Waals surface area contributed by atoms with Crippen LogP contribution in [-0.2, 0) is 39.2 Å². The van der Waals surface area contributed by atoms with E-state index in [4.69, 9.17) is 9.25 Å². The van der Waals surface area contributed by atoms with Gasteiger partial charge in [-0.05, 0) is 56.0 Å². The summed E-state index contributed by atoms with van der Waals surface area (Å²) >= 11 is 0.744. The number of unbranched alkanes of at least 4 members (excludes halogenated alkanes) is 2. The normalized spacial score (nSPS) is 14.0. The molecule has 1 saturated heterocycles. The Morgan fingerprint density at radius 1 is 0.956 bits per heavy atom. The van der Waals surface area contributed by atoms with Crippen molar-refractivity contribution in [3.8, 4) is 10.4 Å². The van der Waals surface area contributed by atoms with Crippen LogP contribution in [0, 0.1) is 0 Å². The molecule has 0 spiro atoms. The van der Waals surface area contributed by atoms with E-state index in [1.165, 1.54) is 12.1 Å². The quantitative estimate of drug-likeness (QED) is 0.0994. The third-order valence-electron chi connectivity index (χ3n) is 7.09. The zero-order valence-corrected chi connectivity index (χ0v) is 27.0. The van der Waals surface area contributed by atoms with Gasteiger partial charge in [0.05, 0.1) is 11.3 Å². The minimum atomic E-state index is -4.41. The number of hydrogen-bond donors (Lipinski definition) is 1. The number of imide groups is 1. The van der Waals surface area contributed by atoms with Crippen molar-refractivity contribution in [1.82, 2.24) is 5.06 Å². The van der Waals surface area contributed by atoms with Gasteiger partial charge in [0.15, 0.2) is 0 Å². The third-order valence-corrected chi connectivity index (χ3v) is 11.5. The number of nitrogens with zero attached hydrogens (tertiary/aromatic N) is 2. The summed E-state index contributed by atoms with van der Waals surface area (Å²) in [6.07, 6.45) is 2.66. The molecule has 0 saturated carbocycles. The number of benzene rings is 1. The van der Waals surface area contributed by atoms with Gasteiger partial charge in [0.1, 0.15) is 19.6 Å². The molecular weight excluding hydrogens is 649 g/mol. The second kappa shape index (κ2) is 14.7. The molecule has 0 atom stereocenters. The molecular formula is C29H34N2O11S3. The van der Waals surface area contributed by atoms with Crippen LogP contribution in [0.2, 0.25) is 0 Å². The van der Waals surface area contributed by atoms with E-state index in [0.29, 0.717) is 66.2 Å². The van der Waals surface area contributed by atoms with Gasteiger partial charge in [-0.15, -0.1) is 16.4 Å². The Hall–Kier alpha value is -3.60. The molecule has 1 aromatic carbocycles. The average molecular weight is 683 g/mol. The van der Waals surface area contributed by atoms with Crippen LogP contribution in [0.3, 0.4) is 0 Å². The van der Waals surface area contributed by atoms with Gasteiger partial charge in [-0.2, -0.15) is 8.42 Å². The van der Waals surface area contributed by atoms with Crippen LogP contribution < -0.4 is 10.5 Å². The topological polar surface area (TPSA) is 186 Å². The van der Waals surface area contributed by atoms with Crippen molar-refractivity contribution in [2.75, 3.05) is 29.5 Å². The number of carbonyl (C=O) groups is 3. The standard InChI is InChI=1S/C29H34N2O11S3/c1-2-16-44(36,37)17-6-15-30(14-5-3-4-7-27(34)42-31-25(32)11-12-26(31)33)21-9-8-20-18-22(29(35)41-23(20)19-21)24-10-13-28(43-24)45(38,39)40/h8-10,13,18-19H,2-7,11-12,14-17H2,1H3,(H,38,39,40). The number of amides is 2. The molecule has 2 aromatic heterocycles. The number of thiophene rings is 1.